The molecule has 28 heavy (non-hydrogen) atoms. The summed E-state index contributed by atoms with van der Waals surface area (Å²) in [5.41, 5.74) is 1.33. The number of ether oxygens (including phenoxy) is 1. The molecule has 1 aliphatic heterocycles. The number of carbonyl (C=O) groups excluding carboxylic acids is 1. The van der Waals surface area contributed by atoms with Gasteiger partial charge in [0.2, 0.25) is 0 Å². The van der Waals surface area contributed by atoms with E-state index in [9.17, 15) is 4.79 Å². The molecule has 1 unspecified atom stereocenters. The molecule has 8 heteroatoms. The molecule has 2 heterocycles. The maximum Gasteiger partial charge on any atom is 0.261 e. The number of fused-ring (bicyclic) bond motifs is 1. The second kappa shape index (κ2) is 8.59. The highest BCUT2D eigenvalue weighted by Crippen LogP contribution is 2.36. The number of aromatic nitrogens is 1. The van der Waals surface area contributed by atoms with Crippen molar-refractivity contribution in [3.8, 4) is 0 Å². The van der Waals surface area contributed by atoms with Gasteiger partial charge in [0.1, 0.15) is 0 Å². The molecular formula is C20H18Cl2N2O2S2. The molecular weight excluding hydrogens is 435 g/mol. The molecule has 0 aliphatic carbocycles. The summed E-state index contributed by atoms with van der Waals surface area (Å²) in [5.74, 6) is -0.193. The molecule has 146 valence electrons. The molecule has 0 bridgehead atoms. The number of halogens is 2. The zero-order valence-corrected chi connectivity index (χ0v) is 18.3. The standard InChI is InChI=1S/C20H18Cl2N2O2S2/c1-27-16-5-2-6-17-18(16)23-20(28-17)24(11-13-4-3-9-26-13)19(25)14-8-7-12(21)10-15(14)22/h2,5-8,10,13H,3-4,9,11H2,1H3. The van der Waals surface area contributed by atoms with E-state index in [2.05, 4.69) is 0 Å². The number of hydrogen-bond donors (Lipinski definition) is 0. The average molecular weight is 453 g/mol. The van der Waals surface area contributed by atoms with Gasteiger partial charge in [-0.3, -0.25) is 9.69 Å². The summed E-state index contributed by atoms with van der Waals surface area (Å²) in [6.45, 7) is 1.18. The van der Waals surface area contributed by atoms with Crippen molar-refractivity contribution in [2.24, 2.45) is 0 Å². The first-order chi connectivity index (χ1) is 13.6. The highest BCUT2D eigenvalue weighted by Gasteiger charge is 2.28. The van der Waals surface area contributed by atoms with E-state index in [0.717, 1.165) is 34.6 Å². The van der Waals surface area contributed by atoms with Gasteiger partial charge in [-0.2, -0.15) is 0 Å². The molecule has 1 amide bonds. The molecule has 3 aromatic rings. The Bertz CT molecular complexity index is 1020. The van der Waals surface area contributed by atoms with Crippen molar-refractivity contribution in [2.75, 3.05) is 24.3 Å². The maximum atomic E-state index is 13.4. The predicted octanol–water partition coefficient (Wildman–Crippen LogP) is 6.15. The Morgan fingerprint density at radius 2 is 2.21 bits per heavy atom. The van der Waals surface area contributed by atoms with E-state index in [4.69, 9.17) is 32.9 Å². The fourth-order valence-corrected chi connectivity index (χ4v) is 5.36. The van der Waals surface area contributed by atoms with Crippen LogP contribution in [0.5, 0.6) is 0 Å². The third kappa shape index (κ3) is 4.02. The number of benzene rings is 2. The van der Waals surface area contributed by atoms with Crippen LogP contribution in [0.25, 0.3) is 10.2 Å². The van der Waals surface area contributed by atoms with Gasteiger partial charge >= 0.3 is 0 Å². The van der Waals surface area contributed by atoms with E-state index in [-0.39, 0.29) is 12.0 Å². The first-order valence-corrected chi connectivity index (χ1v) is 11.7. The molecule has 4 rings (SSSR count). The minimum absolute atomic E-state index is 0.00191. The lowest BCUT2D eigenvalue weighted by atomic mass is 10.1. The smallest absolute Gasteiger partial charge is 0.261 e. The van der Waals surface area contributed by atoms with E-state index in [1.54, 1.807) is 34.9 Å². The van der Waals surface area contributed by atoms with E-state index >= 15 is 0 Å². The molecule has 2 aromatic carbocycles. The van der Waals surface area contributed by atoms with Crippen LogP contribution in [0.1, 0.15) is 23.2 Å². The molecule has 4 nitrogen and oxygen atoms in total. The van der Waals surface area contributed by atoms with Crippen molar-refractivity contribution in [3.05, 3.63) is 52.0 Å². The number of para-hydroxylation sites is 1. The summed E-state index contributed by atoms with van der Waals surface area (Å²) in [7, 11) is 0. The number of amides is 1. The van der Waals surface area contributed by atoms with Crippen LogP contribution in [0.3, 0.4) is 0 Å². The first kappa shape index (κ1) is 20.0. The van der Waals surface area contributed by atoms with Crippen LogP contribution in [0.2, 0.25) is 10.0 Å². The zero-order valence-electron chi connectivity index (χ0n) is 15.2. The minimum Gasteiger partial charge on any atom is -0.376 e. The van der Waals surface area contributed by atoms with Gasteiger partial charge in [0.05, 0.1) is 33.5 Å². The van der Waals surface area contributed by atoms with Gasteiger partial charge in [0.15, 0.2) is 5.13 Å². The van der Waals surface area contributed by atoms with Crippen LogP contribution in [0.4, 0.5) is 5.13 Å². The van der Waals surface area contributed by atoms with Gasteiger partial charge in [-0.05, 0) is 49.4 Å². The van der Waals surface area contributed by atoms with Gasteiger partial charge in [-0.15, -0.1) is 11.8 Å². The van der Waals surface area contributed by atoms with Crippen molar-refractivity contribution < 1.29 is 9.53 Å². The van der Waals surface area contributed by atoms with Crippen molar-refractivity contribution in [3.63, 3.8) is 0 Å². The summed E-state index contributed by atoms with van der Waals surface area (Å²) in [6, 6.07) is 11.0. The van der Waals surface area contributed by atoms with Gasteiger partial charge in [0.25, 0.3) is 5.91 Å². The second-order valence-electron chi connectivity index (χ2n) is 6.48. The number of rotatable bonds is 5. The number of carbonyl (C=O) groups is 1. The monoisotopic (exact) mass is 452 g/mol. The lowest BCUT2D eigenvalue weighted by Gasteiger charge is -2.23. The number of nitrogens with zero attached hydrogens (tertiary/aromatic N) is 2. The van der Waals surface area contributed by atoms with Gasteiger partial charge in [-0.1, -0.05) is 40.6 Å². The van der Waals surface area contributed by atoms with Crippen LogP contribution >= 0.6 is 46.3 Å². The molecule has 1 saturated heterocycles. The van der Waals surface area contributed by atoms with Crippen molar-refractivity contribution in [1.29, 1.82) is 0 Å². The highest BCUT2D eigenvalue weighted by atomic mass is 35.5. The molecule has 0 spiro atoms. The Kier molecular flexibility index (Phi) is 6.13. The van der Waals surface area contributed by atoms with Crippen LogP contribution < -0.4 is 4.90 Å². The van der Waals surface area contributed by atoms with E-state index < -0.39 is 0 Å². The molecule has 1 aromatic heterocycles. The van der Waals surface area contributed by atoms with E-state index in [1.807, 2.05) is 24.5 Å². The molecule has 1 atom stereocenters. The summed E-state index contributed by atoms with van der Waals surface area (Å²) in [6.07, 6.45) is 3.96. The largest absolute Gasteiger partial charge is 0.376 e. The Hall–Kier alpha value is -1.31. The van der Waals surface area contributed by atoms with Crippen molar-refractivity contribution >= 4 is 67.6 Å². The van der Waals surface area contributed by atoms with Gasteiger partial charge < -0.3 is 4.74 Å². The van der Waals surface area contributed by atoms with Gasteiger partial charge in [0, 0.05) is 16.5 Å². The fourth-order valence-electron chi connectivity index (χ4n) is 3.24. The Morgan fingerprint density at radius 3 is 2.93 bits per heavy atom. The number of thioether (sulfide) groups is 1. The minimum atomic E-state index is -0.193. The lowest BCUT2D eigenvalue weighted by Crippen LogP contribution is -2.37. The second-order valence-corrected chi connectivity index (χ2v) is 9.18. The summed E-state index contributed by atoms with van der Waals surface area (Å²) in [4.78, 5) is 21.0. The molecule has 1 fully saturated rings. The number of hydrogen-bond acceptors (Lipinski definition) is 5. The Labute approximate surface area is 181 Å². The summed E-state index contributed by atoms with van der Waals surface area (Å²) < 4.78 is 6.83. The number of thiazole rings is 1. The SMILES string of the molecule is CSc1cccc2sc(N(CC3CCCO3)C(=O)c3ccc(Cl)cc3Cl)nc12. The highest BCUT2D eigenvalue weighted by molar-refractivity contribution is 7.98. The summed E-state index contributed by atoms with van der Waals surface area (Å²) in [5, 5.41) is 1.49. The third-order valence-electron chi connectivity index (χ3n) is 4.64. The Balaban J connectivity index is 1.75. The average Bonchev–Trinajstić information content (AvgIpc) is 3.34. The van der Waals surface area contributed by atoms with Crippen LogP contribution in [0, 0.1) is 0 Å². The van der Waals surface area contributed by atoms with Crippen molar-refractivity contribution in [2.45, 2.75) is 23.8 Å². The first-order valence-electron chi connectivity index (χ1n) is 8.89. The van der Waals surface area contributed by atoms with E-state index in [1.165, 1.54) is 11.3 Å². The van der Waals surface area contributed by atoms with Crippen molar-refractivity contribution in [1.82, 2.24) is 4.98 Å². The number of anilines is 1. The van der Waals surface area contributed by atoms with Crippen LogP contribution in [-0.2, 0) is 4.74 Å². The van der Waals surface area contributed by atoms with Gasteiger partial charge in [-0.25, -0.2) is 4.98 Å². The van der Waals surface area contributed by atoms with Crippen LogP contribution in [-0.4, -0.2) is 36.4 Å². The zero-order chi connectivity index (χ0) is 19.7. The molecule has 0 saturated carbocycles. The quantitative estimate of drug-likeness (QED) is 0.435. The molecule has 0 radical (unpaired) electrons. The summed E-state index contributed by atoms with van der Waals surface area (Å²) >= 11 is 15.5. The molecule has 0 N–H and O–H groups in total. The predicted molar refractivity (Wildman–Crippen MR) is 119 cm³/mol. The third-order valence-corrected chi connectivity index (χ3v) is 7.00. The van der Waals surface area contributed by atoms with Crippen LogP contribution in [0.15, 0.2) is 41.3 Å². The fraction of sp³-hybridized carbons (Fsp3) is 0.300. The maximum absolute atomic E-state index is 13.4. The Morgan fingerprint density at radius 1 is 1.36 bits per heavy atom. The normalized spacial score (nSPS) is 16.6. The topological polar surface area (TPSA) is 42.4 Å². The molecule has 1 aliphatic rings. The lowest BCUT2D eigenvalue weighted by molar-refractivity contribution is 0.0917. The van der Waals surface area contributed by atoms with E-state index in [0.29, 0.717) is 27.3 Å².